The van der Waals surface area contributed by atoms with Crippen LogP contribution in [0.3, 0.4) is 0 Å². The minimum Gasteiger partial charge on any atom is -0.372 e. The van der Waals surface area contributed by atoms with E-state index >= 15 is 0 Å². The third-order valence-electron chi connectivity index (χ3n) is 5.53. The van der Waals surface area contributed by atoms with Crippen molar-refractivity contribution in [3.8, 4) is 0 Å². The standard InChI is InChI=1S/C24H29N3O3S/c1-17-15-26(16-18(2)30-17)20-9-7-19(8-10-20)25-23(28)11-12-24(29)27-13-14-31-22-6-4-3-5-21(22)27/h3-10,17-18H,11-16H2,1-2H3,(H,25,28). The number of anilines is 3. The third-order valence-corrected chi connectivity index (χ3v) is 6.57. The first-order chi connectivity index (χ1) is 15.0. The molecule has 4 rings (SSSR count). The van der Waals surface area contributed by atoms with Crippen molar-refractivity contribution in [3.05, 3.63) is 48.5 Å². The highest BCUT2D eigenvalue weighted by atomic mass is 32.2. The summed E-state index contributed by atoms with van der Waals surface area (Å²) in [5, 5.41) is 2.91. The normalized spacial score (nSPS) is 20.8. The molecule has 2 unspecified atom stereocenters. The van der Waals surface area contributed by atoms with Crippen LogP contribution in [0.5, 0.6) is 0 Å². The molecule has 0 bridgehead atoms. The second-order valence-electron chi connectivity index (χ2n) is 8.12. The molecule has 2 aliphatic rings. The Morgan fingerprint density at radius 3 is 2.48 bits per heavy atom. The second-order valence-corrected chi connectivity index (χ2v) is 9.26. The summed E-state index contributed by atoms with van der Waals surface area (Å²) >= 11 is 1.76. The predicted molar refractivity (Wildman–Crippen MR) is 126 cm³/mol. The third kappa shape index (κ3) is 5.40. The first-order valence-electron chi connectivity index (χ1n) is 10.8. The molecule has 1 fully saturated rings. The molecule has 2 amide bonds. The number of hydrogen-bond donors (Lipinski definition) is 1. The maximum atomic E-state index is 12.7. The van der Waals surface area contributed by atoms with E-state index in [-0.39, 0.29) is 36.9 Å². The highest BCUT2D eigenvalue weighted by Gasteiger charge is 2.24. The number of morpholine rings is 1. The molecule has 0 radical (unpaired) electrons. The number of amides is 2. The van der Waals surface area contributed by atoms with E-state index in [2.05, 4.69) is 24.1 Å². The Balaban J connectivity index is 1.29. The van der Waals surface area contributed by atoms with Crippen molar-refractivity contribution >= 4 is 40.6 Å². The number of ether oxygens (including phenoxy) is 1. The van der Waals surface area contributed by atoms with E-state index in [9.17, 15) is 9.59 Å². The molecule has 164 valence electrons. The number of rotatable bonds is 5. The highest BCUT2D eigenvalue weighted by Crippen LogP contribution is 2.34. The van der Waals surface area contributed by atoms with Crippen LogP contribution in [-0.2, 0) is 14.3 Å². The van der Waals surface area contributed by atoms with Crippen LogP contribution in [0.1, 0.15) is 26.7 Å². The molecule has 0 aromatic heterocycles. The van der Waals surface area contributed by atoms with Crippen LogP contribution in [0.2, 0.25) is 0 Å². The highest BCUT2D eigenvalue weighted by molar-refractivity contribution is 7.99. The number of benzene rings is 2. The SMILES string of the molecule is CC1CN(c2ccc(NC(=O)CCC(=O)N3CCSc4ccccc43)cc2)CC(C)O1. The number of thioether (sulfide) groups is 1. The van der Waals surface area contributed by atoms with Crippen LogP contribution in [0.4, 0.5) is 17.1 Å². The number of carbonyl (C=O) groups is 2. The predicted octanol–water partition coefficient (Wildman–Crippen LogP) is 4.16. The van der Waals surface area contributed by atoms with Gasteiger partial charge in [-0.15, -0.1) is 11.8 Å². The van der Waals surface area contributed by atoms with Gasteiger partial charge in [-0.2, -0.15) is 0 Å². The van der Waals surface area contributed by atoms with Gasteiger partial charge in [0, 0.05) is 54.5 Å². The summed E-state index contributed by atoms with van der Waals surface area (Å²) in [5.41, 5.74) is 2.82. The minimum atomic E-state index is -0.144. The topological polar surface area (TPSA) is 61.9 Å². The number of carbonyl (C=O) groups excluding carboxylic acids is 2. The van der Waals surface area contributed by atoms with Gasteiger partial charge in [-0.3, -0.25) is 9.59 Å². The Bertz CT molecular complexity index is 924. The number of para-hydroxylation sites is 1. The van der Waals surface area contributed by atoms with Crippen molar-refractivity contribution in [1.29, 1.82) is 0 Å². The molecule has 2 aromatic carbocycles. The molecule has 2 heterocycles. The molecule has 6 nitrogen and oxygen atoms in total. The van der Waals surface area contributed by atoms with E-state index in [1.54, 1.807) is 16.7 Å². The van der Waals surface area contributed by atoms with E-state index < -0.39 is 0 Å². The van der Waals surface area contributed by atoms with Gasteiger partial charge in [-0.1, -0.05) is 12.1 Å². The molecule has 1 N–H and O–H groups in total. The molecule has 2 aliphatic heterocycles. The molecule has 0 spiro atoms. The molecule has 0 saturated carbocycles. The lowest BCUT2D eigenvalue weighted by Crippen LogP contribution is -2.45. The van der Waals surface area contributed by atoms with Crippen LogP contribution in [0.15, 0.2) is 53.4 Å². The van der Waals surface area contributed by atoms with Gasteiger partial charge in [0.2, 0.25) is 11.8 Å². The van der Waals surface area contributed by atoms with E-state index in [1.807, 2.05) is 48.5 Å². The minimum absolute atomic E-state index is 0.00574. The van der Waals surface area contributed by atoms with Crippen LogP contribution < -0.4 is 15.1 Å². The Hall–Kier alpha value is -2.51. The second kappa shape index (κ2) is 9.75. The number of fused-ring (bicyclic) bond motifs is 1. The first-order valence-corrected chi connectivity index (χ1v) is 11.8. The van der Waals surface area contributed by atoms with Crippen LogP contribution in [-0.4, -0.2) is 49.4 Å². The van der Waals surface area contributed by atoms with Gasteiger partial charge in [0.1, 0.15) is 0 Å². The maximum Gasteiger partial charge on any atom is 0.227 e. The molecule has 2 atom stereocenters. The van der Waals surface area contributed by atoms with Crippen molar-refractivity contribution < 1.29 is 14.3 Å². The van der Waals surface area contributed by atoms with E-state index in [1.165, 1.54) is 0 Å². The smallest absolute Gasteiger partial charge is 0.227 e. The van der Waals surface area contributed by atoms with Crippen molar-refractivity contribution in [2.45, 2.75) is 43.8 Å². The Morgan fingerprint density at radius 1 is 1.03 bits per heavy atom. The summed E-state index contributed by atoms with van der Waals surface area (Å²) in [6.07, 6.45) is 0.773. The monoisotopic (exact) mass is 439 g/mol. The summed E-state index contributed by atoms with van der Waals surface area (Å²) in [6.45, 7) is 6.56. The summed E-state index contributed by atoms with van der Waals surface area (Å²) in [7, 11) is 0. The van der Waals surface area contributed by atoms with Crippen LogP contribution in [0.25, 0.3) is 0 Å². The van der Waals surface area contributed by atoms with Crippen LogP contribution >= 0.6 is 11.8 Å². The Labute approximate surface area is 187 Å². The molecule has 1 saturated heterocycles. The zero-order valence-corrected chi connectivity index (χ0v) is 18.9. The van der Waals surface area contributed by atoms with Gasteiger partial charge in [0.15, 0.2) is 0 Å². The average Bonchev–Trinajstić information content (AvgIpc) is 2.77. The van der Waals surface area contributed by atoms with Crippen molar-refractivity contribution in [2.75, 3.05) is 40.5 Å². The van der Waals surface area contributed by atoms with E-state index in [0.717, 1.165) is 40.8 Å². The van der Waals surface area contributed by atoms with Gasteiger partial charge in [-0.25, -0.2) is 0 Å². The fourth-order valence-electron chi connectivity index (χ4n) is 4.15. The zero-order chi connectivity index (χ0) is 21.8. The lowest BCUT2D eigenvalue weighted by atomic mass is 10.2. The van der Waals surface area contributed by atoms with Crippen molar-refractivity contribution in [1.82, 2.24) is 0 Å². The summed E-state index contributed by atoms with van der Waals surface area (Å²) in [5.74, 6) is 0.727. The van der Waals surface area contributed by atoms with Gasteiger partial charge < -0.3 is 19.9 Å². The van der Waals surface area contributed by atoms with Gasteiger partial charge in [0.05, 0.1) is 17.9 Å². The lowest BCUT2D eigenvalue weighted by molar-refractivity contribution is -0.122. The quantitative estimate of drug-likeness (QED) is 0.758. The Kier molecular flexibility index (Phi) is 6.83. The van der Waals surface area contributed by atoms with Crippen LogP contribution in [0, 0.1) is 0 Å². The molecular weight excluding hydrogens is 410 g/mol. The fraction of sp³-hybridized carbons (Fsp3) is 0.417. The molecular formula is C24H29N3O3S. The van der Waals surface area contributed by atoms with E-state index in [4.69, 9.17) is 4.74 Å². The van der Waals surface area contributed by atoms with Gasteiger partial charge in [-0.05, 0) is 50.2 Å². The number of nitrogens with one attached hydrogen (secondary N) is 1. The zero-order valence-electron chi connectivity index (χ0n) is 18.0. The first kappa shape index (κ1) is 21.7. The van der Waals surface area contributed by atoms with Crippen molar-refractivity contribution in [2.24, 2.45) is 0 Å². The fourth-order valence-corrected chi connectivity index (χ4v) is 5.15. The molecule has 2 aromatic rings. The van der Waals surface area contributed by atoms with Gasteiger partial charge >= 0.3 is 0 Å². The molecule has 31 heavy (non-hydrogen) atoms. The van der Waals surface area contributed by atoms with E-state index in [0.29, 0.717) is 6.54 Å². The van der Waals surface area contributed by atoms with Crippen molar-refractivity contribution in [3.63, 3.8) is 0 Å². The number of hydrogen-bond acceptors (Lipinski definition) is 5. The molecule has 0 aliphatic carbocycles. The maximum absolute atomic E-state index is 12.7. The largest absolute Gasteiger partial charge is 0.372 e. The average molecular weight is 440 g/mol. The number of nitrogens with zero attached hydrogens (tertiary/aromatic N) is 2. The summed E-state index contributed by atoms with van der Waals surface area (Å²) in [6, 6.07) is 15.8. The van der Waals surface area contributed by atoms with Gasteiger partial charge in [0.25, 0.3) is 0 Å². The lowest BCUT2D eigenvalue weighted by Gasteiger charge is -2.36. The summed E-state index contributed by atoms with van der Waals surface area (Å²) in [4.78, 5) is 30.3. The summed E-state index contributed by atoms with van der Waals surface area (Å²) < 4.78 is 5.79. The Morgan fingerprint density at radius 2 is 1.74 bits per heavy atom. The molecule has 7 heteroatoms.